The second kappa shape index (κ2) is 22.3. The van der Waals surface area contributed by atoms with Gasteiger partial charge in [0.1, 0.15) is 0 Å². The van der Waals surface area contributed by atoms with Gasteiger partial charge in [-0.05, 0) is 25.3 Å². The smallest absolute Gasteiger partial charge is 0.545 e. The molecule has 2 nitrogen and oxygen atoms in total. The zero-order chi connectivity index (χ0) is 17.9. The first-order valence-corrected chi connectivity index (χ1v) is 10.6. The number of carboxylic acid groups (broad SMARTS) is 1. The molecule has 0 aromatic heterocycles. The number of carboxylic acids is 1. The van der Waals surface area contributed by atoms with Crippen LogP contribution in [0, 0.1) is 0 Å². The molecule has 0 atom stereocenters. The summed E-state index contributed by atoms with van der Waals surface area (Å²) in [6.45, 7) is 3.89. The Hall–Kier alpha value is 0.210. The van der Waals surface area contributed by atoms with Crippen LogP contribution in [0.2, 0.25) is 0 Å². The standard InChI is InChI=1S/C22H42O2.Na/c1-3-4-5-6-7-8-9-10-11-12-13-14-15-16-17-18-19-20-21(2)22(23)24;/h20H,3-19H2,1-2H3,(H,23,24);/q;+1/p-1. The maximum atomic E-state index is 10.5. The fraction of sp³-hybridized carbons (Fsp3) is 0.864. The summed E-state index contributed by atoms with van der Waals surface area (Å²) >= 11 is 0. The Labute approximate surface area is 179 Å². The molecule has 25 heavy (non-hydrogen) atoms. The van der Waals surface area contributed by atoms with Gasteiger partial charge < -0.3 is 9.90 Å². The van der Waals surface area contributed by atoms with Gasteiger partial charge in [0.05, 0.1) is 5.97 Å². The molecule has 0 aliphatic carbocycles. The fourth-order valence-corrected chi connectivity index (χ4v) is 3.09. The van der Waals surface area contributed by atoms with E-state index in [0.29, 0.717) is 5.57 Å². The van der Waals surface area contributed by atoms with E-state index in [4.69, 9.17) is 0 Å². The van der Waals surface area contributed by atoms with Crippen LogP contribution >= 0.6 is 0 Å². The van der Waals surface area contributed by atoms with Crippen molar-refractivity contribution in [3.05, 3.63) is 11.6 Å². The van der Waals surface area contributed by atoms with Crippen LogP contribution in [0.15, 0.2) is 11.6 Å². The minimum atomic E-state index is -1.04. The molecule has 0 radical (unpaired) electrons. The van der Waals surface area contributed by atoms with Crippen LogP contribution in [0.5, 0.6) is 0 Å². The summed E-state index contributed by atoms with van der Waals surface area (Å²) in [6.07, 6.45) is 24.6. The van der Waals surface area contributed by atoms with E-state index in [9.17, 15) is 9.90 Å². The summed E-state index contributed by atoms with van der Waals surface area (Å²) in [5, 5.41) is 10.5. The summed E-state index contributed by atoms with van der Waals surface area (Å²) in [7, 11) is 0. The Bertz CT molecular complexity index is 313. The molecule has 0 N–H and O–H groups in total. The summed E-state index contributed by atoms with van der Waals surface area (Å²) in [5.74, 6) is -1.04. The number of unbranched alkanes of at least 4 members (excludes halogenated alkanes) is 16. The quantitative estimate of drug-likeness (QED) is 0.214. The van der Waals surface area contributed by atoms with Gasteiger partial charge in [-0.15, -0.1) is 0 Å². The van der Waals surface area contributed by atoms with E-state index in [2.05, 4.69) is 6.92 Å². The number of hydrogen-bond donors (Lipinski definition) is 0. The topological polar surface area (TPSA) is 40.1 Å². The van der Waals surface area contributed by atoms with Crippen molar-refractivity contribution in [3.63, 3.8) is 0 Å². The van der Waals surface area contributed by atoms with Gasteiger partial charge in [0.25, 0.3) is 0 Å². The first-order valence-electron chi connectivity index (χ1n) is 10.6. The fourth-order valence-electron chi connectivity index (χ4n) is 3.09. The minimum Gasteiger partial charge on any atom is -0.545 e. The Balaban J connectivity index is 0. The van der Waals surface area contributed by atoms with Gasteiger partial charge in [-0.3, -0.25) is 0 Å². The molecule has 0 amide bonds. The molecule has 0 aromatic carbocycles. The van der Waals surface area contributed by atoms with E-state index in [-0.39, 0.29) is 29.6 Å². The van der Waals surface area contributed by atoms with Gasteiger partial charge in [0.15, 0.2) is 0 Å². The summed E-state index contributed by atoms with van der Waals surface area (Å²) in [5.41, 5.74) is 0.371. The third kappa shape index (κ3) is 22.2. The van der Waals surface area contributed by atoms with E-state index in [1.807, 2.05) is 0 Å². The molecule has 0 rings (SSSR count). The van der Waals surface area contributed by atoms with E-state index < -0.39 is 5.97 Å². The number of carbonyl (C=O) groups excluding carboxylic acids is 1. The molecular formula is C22H41NaO2. The largest absolute Gasteiger partial charge is 1.00 e. The van der Waals surface area contributed by atoms with Crippen LogP contribution in [0.4, 0.5) is 0 Å². The molecule has 0 heterocycles. The summed E-state index contributed by atoms with van der Waals surface area (Å²) in [4.78, 5) is 10.5. The van der Waals surface area contributed by atoms with Crippen molar-refractivity contribution in [2.75, 3.05) is 0 Å². The predicted octanol–water partition coefficient (Wildman–Crippen LogP) is 3.34. The molecule has 0 aliphatic rings. The molecule has 3 heteroatoms. The van der Waals surface area contributed by atoms with Crippen LogP contribution in [0.3, 0.4) is 0 Å². The van der Waals surface area contributed by atoms with Crippen molar-refractivity contribution >= 4 is 5.97 Å². The molecule has 0 fully saturated rings. The van der Waals surface area contributed by atoms with Crippen molar-refractivity contribution in [1.29, 1.82) is 0 Å². The number of allylic oxidation sites excluding steroid dienone is 1. The first-order chi connectivity index (χ1) is 11.7. The van der Waals surface area contributed by atoms with E-state index in [1.54, 1.807) is 13.0 Å². The van der Waals surface area contributed by atoms with Gasteiger partial charge in [-0.2, -0.15) is 0 Å². The molecule has 0 unspecified atom stereocenters. The van der Waals surface area contributed by atoms with Crippen LogP contribution in [-0.2, 0) is 4.79 Å². The van der Waals surface area contributed by atoms with E-state index in [0.717, 1.165) is 12.8 Å². The van der Waals surface area contributed by atoms with Crippen LogP contribution in [-0.4, -0.2) is 5.97 Å². The third-order valence-corrected chi connectivity index (χ3v) is 4.83. The SMILES string of the molecule is CCCCCCCCCCCCCCCCCCC=C(C)C(=O)[O-].[Na+]. The molecule has 0 aromatic rings. The van der Waals surface area contributed by atoms with Crippen LogP contribution in [0.1, 0.15) is 123 Å². The van der Waals surface area contributed by atoms with Gasteiger partial charge in [-0.1, -0.05) is 109 Å². The van der Waals surface area contributed by atoms with Crippen molar-refractivity contribution in [2.45, 2.75) is 123 Å². The van der Waals surface area contributed by atoms with Gasteiger partial charge in [0.2, 0.25) is 0 Å². The zero-order valence-corrected chi connectivity index (χ0v) is 19.4. The minimum absolute atomic E-state index is 0. The average Bonchev–Trinajstić information content (AvgIpc) is 2.57. The number of rotatable bonds is 18. The Morgan fingerprint density at radius 2 is 1.00 bits per heavy atom. The van der Waals surface area contributed by atoms with E-state index >= 15 is 0 Å². The predicted molar refractivity (Wildman–Crippen MR) is 103 cm³/mol. The van der Waals surface area contributed by atoms with Crippen LogP contribution in [0.25, 0.3) is 0 Å². The monoisotopic (exact) mass is 360 g/mol. The molecular weight excluding hydrogens is 319 g/mol. The zero-order valence-electron chi connectivity index (χ0n) is 17.4. The second-order valence-corrected chi connectivity index (χ2v) is 7.27. The molecule has 0 saturated heterocycles. The van der Waals surface area contributed by atoms with Gasteiger partial charge in [-0.25, -0.2) is 0 Å². The van der Waals surface area contributed by atoms with Crippen molar-refractivity contribution in [3.8, 4) is 0 Å². The number of carbonyl (C=O) groups is 1. The molecule has 0 saturated carbocycles. The Kier molecular flexibility index (Phi) is 24.4. The normalized spacial score (nSPS) is 11.4. The third-order valence-electron chi connectivity index (χ3n) is 4.83. The van der Waals surface area contributed by atoms with Gasteiger partial charge in [0, 0.05) is 0 Å². The van der Waals surface area contributed by atoms with Gasteiger partial charge >= 0.3 is 29.6 Å². The van der Waals surface area contributed by atoms with Crippen molar-refractivity contribution in [1.82, 2.24) is 0 Å². The average molecular weight is 361 g/mol. The van der Waals surface area contributed by atoms with Crippen LogP contribution < -0.4 is 34.7 Å². The number of aliphatic carboxylic acids is 1. The van der Waals surface area contributed by atoms with Crippen molar-refractivity contribution in [2.24, 2.45) is 0 Å². The Morgan fingerprint density at radius 3 is 1.32 bits per heavy atom. The first kappa shape index (κ1) is 27.4. The maximum Gasteiger partial charge on any atom is 1.00 e. The molecule has 142 valence electrons. The second-order valence-electron chi connectivity index (χ2n) is 7.27. The maximum absolute atomic E-state index is 10.5. The van der Waals surface area contributed by atoms with Crippen molar-refractivity contribution < 1.29 is 39.5 Å². The Morgan fingerprint density at radius 1 is 0.680 bits per heavy atom. The van der Waals surface area contributed by atoms with E-state index in [1.165, 1.54) is 96.3 Å². The summed E-state index contributed by atoms with van der Waals surface area (Å²) < 4.78 is 0. The molecule has 0 spiro atoms. The summed E-state index contributed by atoms with van der Waals surface area (Å²) in [6, 6.07) is 0. The molecule has 0 bridgehead atoms. The molecule has 0 aliphatic heterocycles. The number of hydrogen-bond acceptors (Lipinski definition) is 2.